The first-order chi connectivity index (χ1) is 15.0. The van der Waals surface area contributed by atoms with E-state index in [1.54, 1.807) is 0 Å². The van der Waals surface area contributed by atoms with Crippen molar-refractivity contribution < 1.29 is 9.59 Å². The Morgan fingerprint density at radius 3 is 2.34 bits per heavy atom. The Labute approximate surface area is 191 Å². The number of amides is 1. The van der Waals surface area contributed by atoms with Crippen LogP contribution < -0.4 is 4.90 Å². The maximum absolute atomic E-state index is 13.6. The highest BCUT2D eigenvalue weighted by molar-refractivity contribution is 6.13. The zero-order chi connectivity index (χ0) is 23.3. The monoisotopic (exact) mass is 430 g/mol. The van der Waals surface area contributed by atoms with Crippen molar-refractivity contribution in [2.75, 3.05) is 4.90 Å². The predicted octanol–water partition coefficient (Wildman–Crippen LogP) is 6.56. The Balaban J connectivity index is 1.94. The molecular weight excluding hydrogens is 396 g/mol. The largest absolute Gasteiger partial charge is 0.302 e. The molecule has 2 aromatic rings. The molecule has 0 saturated heterocycles. The van der Waals surface area contributed by atoms with Crippen LogP contribution >= 0.6 is 0 Å². The van der Waals surface area contributed by atoms with Crippen LogP contribution in [0.25, 0.3) is 0 Å². The van der Waals surface area contributed by atoms with Gasteiger partial charge in [0, 0.05) is 18.6 Å². The van der Waals surface area contributed by atoms with E-state index in [-0.39, 0.29) is 28.6 Å². The van der Waals surface area contributed by atoms with Crippen molar-refractivity contribution in [3.05, 3.63) is 59.7 Å². The molecule has 32 heavy (non-hydrogen) atoms. The Kier molecular flexibility index (Phi) is 5.60. The van der Waals surface area contributed by atoms with Crippen molar-refractivity contribution in [3.8, 4) is 0 Å². The topological polar surface area (TPSA) is 49.7 Å². The van der Waals surface area contributed by atoms with Gasteiger partial charge in [-0.2, -0.15) is 0 Å². The number of hydrogen-bond acceptors (Lipinski definition) is 3. The van der Waals surface area contributed by atoms with Gasteiger partial charge in [0.2, 0.25) is 5.91 Å². The highest BCUT2D eigenvalue weighted by Crippen LogP contribution is 2.48. The van der Waals surface area contributed by atoms with Gasteiger partial charge in [-0.3, -0.25) is 14.6 Å². The number of hydrogen-bond donors (Lipinski definition) is 0. The number of nitrogens with zero attached hydrogens (tertiary/aromatic N) is 2. The van der Waals surface area contributed by atoms with Crippen LogP contribution in [-0.4, -0.2) is 17.4 Å². The van der Waals surface area contributed by atoms with Crippen LogP contribution in [0.3, 0.4) is 0 Å². The fraction of sp³-hybridized carbons (Fsp3) is 0.464. The van der Waals surface area contributed by atoms with Crippen molar-refractivity contribution >= 4 is 28.8 Å². The van der Waals surface area contributed by atoms with E-state index in [0.717, 1.165) is 29.1 Å². The molecule has 168 valence electrons. The number of ketones is 1. The van der Waals surface area contributed by atoms with E-state index in [0.29, 0.717) is 12.8 Å². The van der Waals surface area contributed by atoms with Gasteiger partial charge in [0.05, 0.1) is 23.3 Å². The molecule has 2 atom stereocenters. The van der Waals surface area contributed by atoms with Gasteiger partial charge in [0.1, 0.15) is 5.78 Å². The SMILES string of the molecule is CCC(=O)N1c2ccccc2N=C2CC(C)(C)CC(=O)[C@@H]2[C@H]1c1ccc(C(C)(C)C)cc1. The second kappa shape index (κ2) is 7.99. The number of benzene rings is 2. The van der Waals surface area contributed by atoms with E-state index in [9.17, 15) is 9.59 Å². The average Bonchev–Trinajstić information content (AvgIpc) is 2.86. The first-order valence-corrected chi connectivity index (χ1v) is 11.6. The molecule has 0 unspecified atom stereocenters. The Hall–Kier alpha value is -2.75. The van der Waals surface area contributed by atoms with Crippen LogP contribution in [0.5, 0.6) is 0 Å². The summed E-state index contributed by atoms with van der Waals surface area (Å²) in [5.41, 5.74) is 4.58. The lowest BCUT2D eigenvalue weighted by molar-refractivity contribution is -0.125. The number of Topliss-reactive ketones (excluding diaryl/α,β-unsaturated/α-hetero) is 1. The minimum absolute atomic E-state index is 0.0106. The van der Waals surface area contributed by atoms with Gasteiger partial charge in [-0.25, -0.2) is 0 Å². The Morgan fingerprint density at radius 1 is 1.06 bits per heavy atom. The van der Waals surface area contributed by atoms with Crippen molar-refractivity contribution in [2.45, 2.75) is 72.3 Å². The molecule has 4 rings (SSSR count). The molecule has 2 aliphatic rings. The third-order valence-electron chi connectivity index (χ3n) is 6.71. The lowest BCUT2D eigenvalue weighted by Gasteiger charge is -2.41. The smallest absolute Gasteiger partial charge is 0.227 e. The molecule has 1 aliphatic carbocycles. The summed E-state index contributed by atoms with van der Waals surface area (Å²) in [6, 6.07) is 15.9. The molecule has 4 nitrogen and oxygen atoms in total. The van der Waals surface area contributed by atoms with Crippen molar-refractivity contribution in [1.82, 2.24) is 0 Å². The minimum atomic E-state index is -0.425. The number of rotatable bonds is 2. The second-order valence-corrected chi connectivity index (χ2v) is 11.0. The maximum Gasteiger partial charge on any atom is 0.227 e. The van der Waals surface area contributed by atoms with Gasteiger partial charge < -0.3 is 4.90 Å². The fourth-order valence-corrected chi connectivity index (χ4v) is 5.10. The lowest BCUT2D eigenvalue weighted by atomic mass is 9.67. The molecule has 1 aliphatic heterocycles. The van der Waals surface area contributed by atoms with E-state index in [2.05, 4.69) is 58.9 Å². The molecule has 0 N–H and O–H groups in total. The number of fused-ring (bicyclic) bond motifs is 2. The van der Waals surface area contributed by atoms with Gasteiger partial charge in [-0.15, -0.1) is 0 Å². The summed E-state index contributed by atoms with van der Waals surface area (Å²) in [7, 11) is 0. The van der Waals surface area contributed by atoms with Crippen molar-refractivity contribution in [1.29, 1.82) is 0 Å². The molecule has 4 heteroatoms. The lowest BCUT2D eigenvalue weighted by Crippen LogP contribution is -2.47. The molecule has 1 fully saturated rings. The van der Waals surface area contributed by atoms with E-state index < -0.39 is 5.92 Å². The molecule has 0 aromatic heterocycles. The number of para-hydroxylation sites is 2. The molecule has 1 saturated carbocycles. The zero-order valence-electron chi connectivity index (χ0n) is 20.1. The maximum atomic E-state index is 13.6. The molecule has 1 amide bonds. The highest BCUT2D eigenvalue weighted by Gasteiger charge is 2.47. The van der Waals surface area contributed by atoms with E-state index >= 15 is 0 Å². The van der Waals surface area contributed by atoms with E-state index in [1.807, 2.05) is 36.1 Å². The van der Waals surface area contributed by atoms with E-state index in [4.69, 9.17) is 4.99 Å². The molecule has 0 spiro atoms. The average molecular weight is 431 g/mol. The predicted molar refractivity (Wildman–Crippen MR) is 131 cm³/mol. The summed E-state index contributed by atoms with van der Waals surface area (Å²) >= 11 is 0. The van der Waals surface area contributed by atoms with Crippen molar-refractivity contribution in [2.24, 2.45) is 16.3 Å². The normalized spacial score (nSPS) is 22.5. The third-order valence-corrected chi connectivity index (χ3v) is 6.71. The quantitative estimate of drug-likeness (QED) is 0.542. The molecule has 0 bridgehead atoms. The summed E-state index contributed by atoms with van der Waals surface area (Å²) < 4.78 is 0. The van der Waals surface area contributed by atoms with Crippen LogP contribution in [0, 0.1) is 11.3 Å². The van der Waals surface area contributed by atoms with Crippen molar-refractivity contribution in [3.63, 3.8) is 0 Å². The first-order valence-electron chi connectivity index (χ1n) is 11.6. The highest BCUT2D eigenvalue weighted by atomic mass is 16.2. The Morgan fingerprint density at radius 2 is 1.72 bits per heavy atom. The molecule has 2 aromatic carbocycles. The summed E-state index contributed by atoms with van der Waals surface area (Å²) in [6.07, 6.45) is 1.62. The van der Waals surface area contributed by atoms with E-state index in [1.165, 1.54) is 5.56 Å². The van der Waals surface area contributed by atoms with Crippen LogP contribution in [0.1, 0.15) is 78.0 Å². The molecule has 1 heterocycles. The first kappa shape index (κ1) is 22.4. The third kappa shape index (κ3) is 4.03. The number of carbonyl (C=O) groups is 2. The van der Waals surface area contributed by atoms with Crippen LogP contribution in [0.2, 0.25) is 0 Å². The van der Waals surface area contributed by atoms with Gasteiger partial charge in [-0.1, -0.05) is 77.9 Å². The molecule has 0 radical (unpaired) electrons. The second-order valence-electron chi connectivity index (χ2n) is 11.0. The van der Waals surface area contributed by atoms with Gasteiger partial charge in [0.25, 0.3) is 0 Å². The van der Waals surface area contributed by atoms with Gasteiger partial charge in [-0.05, 0) is 40.5 Å². The summed E-state index contributed by atoms with van der Waals surface area (Å²) in [6.45, 7) is 12.7. The van der Waals surface area contributed by atoms with Crippen LogP contribution in [0.15, 0.2) is 53.5 Å². The summed E-state index contributed by atoms with van der Waals surface area (Å²) in [4.78, 5) is 33.8. The fourth-order valence-electron chi connectivity index (χ4n) is 5.10. The summed E-state index contributed by atoms with van der Waals surface area (Å²) in [5.74, 6) is -0.241. The van der Waals surface area contributed by atoms with Crippen LogP contribution in [-0.2, 0) is 15.0 Å². The number of aliphatic imine (C=N–C) groups is 1. The van der Waals surface area contributed by atoms with Gasteiger partial charge in [0.15, 0.2) is 0 Å². The zero-order valence-corrected chi connectivity index (χ0v) is 20.1. The molecular formula is C28H34N2O2. The van der Waals surface area contributed by atoms with Crippen LogP contribution in [0.4, 0.5) is 11.4 Å². The minimum Gasteiger partial charge on any atom is -0.302 e. The number of anilines is 1. The number of carbonyl (C=O) groups excluding carboxylic acids is 2. The standard InChI is InChI=1S/C28H34N2O2/c1-7-24(32)30-22-11-9-8-10-20(22)29-21-16-28(5,6)17-23(31)25(21)26(30)18-12-14-19(15-13-18)27(2,3)4/h8-15,25-26H,7,16-17H2,1-6H3/t25-,26-/m1/s1. The summed E-state index contributed by atoms with van der Waals surface area (Å²) in [5, 5.41) is 0. The van der Waals surface area contributed by atoms with Gasteiger partial charge >= 0.3 is 0 Å². The Bertz CT molecular complexity index is 1070.